The molecule has 0 aromatic carbocycles. The van der Waals surface area contributed by atoms with Crippen molar-refractivity contribution in [2.45, 2.75) is 52.1 Å². The van der Waals surface area contributed by atoms with Gasteiger partial charge >= 0.3 is 0 Å². The Morgan fingerprint density at radius 3 is 2.52 bits per heavy atom. The number of hydrazine groups is 1. The lowest BCUT2D eigenvalue weighted by Crippen LogP contribution is -2.35. The van der Waals surface area contributed by atoms with Crippen LogP contribution in [0.25, 0.3) is 0 Å². The third-order valence-electron chi connectivity index (χ3n) is 4.42. The molecular formula is C17H27F2N9O. The fourth-order valence-electron chi connectivity index (χ4n) is 3.03. The van der Waals surface area contributed by atoms with Crippen molar-refractivity contribution in [2.24, 2.45) is 5.84 Å². The Morgan fingerprint density at radius 1 is 1.28 bits per heavy atom. The summed E-state index contributed by atoms with van der Waals surface area (Å²) in [6.07, 6.45) is -0.229. The van der Waals surface area contributed by atoms with Crippen LogP contribution in [-0.4, -0.2) is 51.9 Å². The van der Waals surface area contributed by atoms with E-state index >= 15 is 0 Å². The van der Waals surface area contributed by atoms with E-state index in [0.29, 0.717) is 34.7 Å². The van der Waals surface area contributed by atoms with E-state index in [9.17, 15) is 8.78 Å². The minimum absolute atomic E-state index is 0.172. The second kappa shape index (κ2) is 7.58. The number of anilines is 4. The highest BCUT2D eigenvalue weighted by Crippen LogP contribution is 2.38. The maximum Gasteiger partial charge on any atom is 0.266 e. The van der Waals surface area contributed by atoms with Gasteiger partial charge in [-0.15, -0.1) is 0 Å². The molecule has 10 nitrogen and oxygen atoms in total. The summed E-state index contributed by atoms with van der Waals surface area (Å²) in [5.74, 6) is 4.53. The summed E-state index contributed by atoms with van der Waals surface area (Å²) in [4.78, 5) is 10.6. The molecule has 12 heteroatoms. The van der Waals surface area contributed by atoms with Crippen LogP contribution in [0, 0.1) is 6.92 Å². The molecule has 1 aliphatic heterocycles. The van der Waals surface area contributed by atoms with Crippen molar-refractivity contribution in [2.75, 3.05) is 40.7 Å². The molecule has 0 amide bonds. The maximum atomic E-state index is 13.9. The molecule has 1 saturated heterocycles. The molecule has 160 valence electrons. The van der Waals surface area contributed by atoms with Crippen LogP contribution in [0.5, 0.6) is 0 Å². The van der Waals surface area contributed by atoms with Crippen molar-refractivity contribution in [1.29, 1.82) is 0 Å². The molecular weight excluding hydrogens is 384 g/mol. The van der Waals surface area contributed by atoms with Gasteiger partial charge in [-0.1, -0.05) is 10.3 Å². The average molecular weight is 411 g/mol. The molecule has 0 aliphatic carbocycles. The first kappa shape index (κ1) is 21.0. The first-order chi connectivity index (χ1) is 13.5. The number of alkyl halides is 2. The van der Waals surface area contributed by atoms with Gasteiger partial charge < -0.3 is 15.5 Å². The van der Waals surface area contributed by atoms with Crippen LogP contribution in [-0.2, 0) is 6.54 Å². The lowest BCUT2D eigenvalue weighted by Gasteiger charge is -2.28. The first-order valence-electron chi connectivity index (χ1n) is 9.30. The standard InChI is InChI=1S/C17H27F2N9O/c1-10-11(26-29-25-10)8-28(20)14-12(21-5)13(27-7-6-17(18,19)9-27)22-15(23-14)24-16(2,3)4/h21H,6-9,20H2,1-5H3,(H,22,23,24). The summed E-state index contributed by atoms with van der Waals surface area (Å²) in [5.41, 5.74) is 1.27. The highest BCUT2D eigenvalue weighted by atomic mass is 19.3. The lowest BCUT2D eigenvalue weighted by molar-refractivity contribution is 0.0257. The Balaban J connectivity index is 2.04. The Hall–Kier alpha value is -2.76. The summed E-state index contributed by atoms with van der Waals surface area (Å²) < 4.78 is 32.4. The molecule has 0 unspecified atom stereocenters. The Kier molecular flexibility index (Phi) is 5.48. The van der Waals surface area contributed by atoms with E-state index in [0.717, 1.165) is 0 Å². The van der Waals surface area contributed by atoms with E-state index in [1.54, 1.807) is 18.9 Å². The summed E-state index contributed by atoms with van der Waals surface area (Å²) in [5, 5.41) is 15.2. The van der Waals surface area contributed by atoms with Gasteiger partial charge in [0.2, 0.25) is 5.95 Å². The van der Waals surface area contributed by atoms with Crippen molar-refractivity contribution in [3.05, 3.63) is 11.4 Å². The zero-order chi connectivity index (χ0) is 21.4. The second-order valence-corrected chi connectivity index (χ2v) is 8.15. The fourth-order valence-corrected chi connectivity index (χ4v) is 3.03. The highest BCUT2D eigenvalue weighted by Gasteiger charge is 2.40. The minimum Gasteiger partial charge on any atom is -0.382 e. The van der Waals surface area contributed by atoms with Gasteiger partial charge in [-0.3, -0.25) is 5.01 Å². The monoisotopic (exact) mass is 411 g/mol. The zero-order valence-electron chi connectivity index (χ0n) is 17.3. The molecule has 29 heavy (non-hydrogen) atoms. The molecule has 4 N–H and O–H groups in total. The molecule has 0 radical (unpaired) electrons. The number of hydrogen-bond donors (Lipinski definition) is 3. The third-order valence-corrected chi connectivity index (χ3v) is 4.42. The van der Waals surface area contributed by atoms with Crippen LogP contribution >= 0.6 is 0 Å². The third kappa shape index (κ3) is 4.81. The number of aryl methyl sites for hydroxylation is 1. The lowest BCUT2D eigenvalue weighted by atomic mass is 10.1. The van der Waals surface area contributed by atoms with Crippen molar-refractivity contribution < 1.29 is 13.4 Å². The molecule has 1 aliphatic rings. The van der Waals surface area contributed by atoms with Crippen LogP contribution in [0.3, 0.4) is 0 Å². The number of aromatic nitrogens is 4. The molecule has 3 rings (SSSR count). The Labute approximate surface area is 167 Å². The maximum absolute atomic E-state index is 13.9. The van der Waals surface area contributed by atoms with E-state index in [1.807, 2.05) is 20.8 Å². The highest BCUT2D eigenvalue weighted by molar-refractivity contribution is 5.80. The Morgan fingerprint density at radius 2 is 2.00 bits per heavy atom. The fraction of sp³-hybridized carbons (Fsp3) is 0.647. The van der Waals surface area contributed by atoms with E-state index in [-0.39, 0.29) is 25.0 Å². The molecule has 1 fully saturated rings. The molecule has 0 bridgehead atoms. The second-order valence-electron chi connectivity index (χ2n) is 8.15. The predicted molar refractivity (Wildman–Crippen MR) is 106 cm³/mol. The summed E-state index contributed by atoms with van der Waals surface area (Å²) in [6.45, 7) is 7.56. The van der Waals surface area contributed by atoms with Crippen LogP contribution in [0.4, 0.5) is 32.1 Å². The van der Waals surface area contributed by atoms with Gasteiger partial charge in [-0.05, 0) is 27.7 Å². The first-order valence-corrected chi connectivity index (χ1v) is 9.30. The number of halogens is 2. The molecule has 2 aromatic rings. The van der Waals surface area contributed by atoms with E-state index in [2.05, 4.69) is 30.9 Å². The molecule has 0 spiro atoms. The van der Waals surface area contributed by atoms with Crippen molar-refractivity contribution in [1.82, 2.24) is 20.3 Å². The topological polar surface area (TPSA) is 121 Å². The Bertz CT molecular complexity index is 865. The number of rotatable bonds is 6. The van der Waals surface area contributed by atoms with Gasteiger partial charge in [0, 0.05) is 25.6 Å². The van der Waals surface area contributed by atoms with Crippen molar-refractivity contribution in [3.63, 3.8) is 0 Å². The summed E-state index contributed by atoms with van der Waals surface area (Å²) in [6, 6.07) is 0. The van der Waals surface area contributed by atoms with Gasteiger partial charge in [0.1, 0.15) is 17.1 Å². The van der Waals surface area contributed by atoms with Gasteiger partial charge in [0.25, 0.3) is 5.92 Å². The summed E-state index contributed by atoms with van der Waals surface area (Å²) >= 11 is 0. The quantitative estimate of drug-likeness (QED) is 0.481. The number of nitrogens with one attached hydrogen (secondary N) is 2. The van der Waals surface area contributed by atoms with Crippen LogP contribution in [0.2, 0.25) is 0 Å². The molecule has 3 heterocycles. The van der Waals surface area contributed by atoms with Gasteiger partial charge in [0.15, 0.2) is 11.6 Å². The zero-order valence-corrected chi connectivity index (χ0v) is 17.3. The number of nitrogens with zero attached hydrogens (tertiary/aromatic N) is 6. The van der Waals surface area contributed by atoms with E-state index in [1.165, 1.54) is 5.01 Å². The number of hydrogen-bond acceptors (Lipinski definition) is 10. The van der Waals surface area contributed by atoms with Crippen molar-refractivity contribution in [3.8, 4) is 0 Å². The largest absolute Gasteiger partial charge is 0.382 e. The van der Waals surface area contributed by atoms with Crippen molar-refractivity contribution >= 4 is 23.3 Å². The minimum atomic E-state index is -2.76. The average Bonchev–Trinajstić information content (AvgIpc) is 3.17. The van der Waals surface area contributed by atoms with E-state index < -0.39 is 12.5 Å². The van der Waals surface area contributed by atoms with Crippen LogP contribution < -0.4 is 26.4 Å². The normalized spacial score (nSPS) is 16.2. The van der Waals surface area contributed by atoms with Crippen LogP contribution in [0.15, 0.2) is 4.63 Å². The van der Waals surface area contributed by atoms with Crippen LogP contribution in [0.1, 0.15) is 38.6 Å². The molecule has 2 aromatic heterocycles. The smallest absolute Gasteiger partial charge is 0.266 e. The van der Waals surface area contributed by atoms with Gasteiger partial charge in [-0.25, -0.2) is 19.3 Å². The van der Waals surface area contributed by atoms with Gasteiger partial charge in [0.05, 0.1) is 13.1 Å². The predicted octanol–water partition coefficient (Wildman–Crippen LogP) is 2.15. The summed E-state index contributed by atoms with van der Waals surface area (Å²) in [7, 11) is 1.67. The SMILES string of the molecule is CNc1c(N(N)Cc2nonc2C)nc(NC(C)(C)C)nc1N1CCC(F)(F)C1. The van der Waals surface area contributed by atoms with E-state index in [4.69, 9.17) is 10.5 Å². The number of nitrogens with two attached hydrogens (primary N) is 1. The molecule has 0 saturated carbocycles. The van der Waals surface area contributed by atoms with Gasteiger partial charge in [-0.2, -0.15) is 9.97 Å². The molecule has 0 atom stereocenters.